The molecule has 0 aliphatic heterocycles. The molecule has 0 radical (unpaired) electrons. The molecule has 1 heterocycles. The standard InChI is InChI=1S/C18H15ClFN3O2S/c1-12-10-14(20)4-8-17(12)26(24,25)23-16-7-9-18(21-11-16)22-15-5-2-13(19)3-6-15/h2-11,23H,1H3,(H,21,22). The van der Waals surface area contributed by atoms with E-state index in [0.717, 1.165) is 11.8 Å². The summed E-state index contributed by atoms with van der Waals surface area (Å²) in [4.78, 5) is 4.20. The van der Waals surface area contributed by atoms with Crippen molar-refractivity contribution in [1.82, 2.24) is 4.98 Å². The maximum Gasteiger partial charge on any atom is 0.262 e. The quantitative estimate of drug-likeness (QED) is 0.659. The second kappa shape index (κ2) is 7.31. The first kappa shape index (κ1) is 18.2. The van der Waals surface area contributed by atoms with Crippen molar-refractivity contribution in [2.75, 3.05) is 10.0 Å². The Bertz CT molecular complexity index is 1020. The lowest BCUT2D eigenvalue weighted by Gasteiger charge is -2.11. The zero-order chi connectivity index (χ0) is 18.7. The van der Waals surface area contributed by atoms with Gasteiger partial charge in [0.05, 0.1) is 16.8 Å². The topological polar surface area (TPSA) is 71.1 Å². The van der Waals surface area contributed by atoms with E-state index in [-0.39, 0.29) is 4.90 Å². The molecule has 1 aromatic heterocycles. The van der Waals surface area contributed by atoms with Gasteiger partial charge in [-0.2, -0.15) is 0 Å². The van der Waals surface area contributed by atoms with Gasteiger partial charge in [-0.1, -0.05) is 11.6 Å². The van der Waals surface area contributed by atoms with Crippen molar-refractivity contribution >= 4 is 38.8 Å². The highest BCUT2D eigenvalue weighted by atomic mass is 35.5. The van der Waals surface area contributed by atoms with E-state index >= 15 is 0 Å². The van der Waals surface area contributed by atoms with E-state index in [2.05, 4.69) is 15.0 Å². The van der Waals surface area contributed by atoms with Crippen LogP contribution in [0.3, 0.4) is 0 Å². The molecule has 134 valence electrons. The van der Waals surface area contributed by atoms with Crippen molar-refractivity contribution in [2.24, 2.45) is 0 Å². The van der Waals surface area contributed by atoms with E-state index in [1.165, 1.54) is 25.3 Å². The van der Waals surface area contributed by atoms with Gasteiger partial charge in [-0.05, 0) is 67.1 Å². The van der Waals surface area contributed by atoms with E-state index in [1.54, 1.807) is 36.4 Å². The molecule has 0 spiro atoms. The molecular weight excluding hydrogens is 377 g/mol. The predicted octanol–water partition coefficient (Wildman–Crippen LogP) is 4.73. The molecule has 0 aliphatic rings. The Labute approximate surface area is 155 Å². The maximum absolute atomic E-state index is 13.2. The molecule has 0 fully saturated rings. The lowest BCUT2D eigenvalue weighted by atomic mass is 10.2. The fourth-order valence-corrected chi connectivity index (χ4v) is 3.73. The molecule has 2 aromatic carbocycles. The summed E-state index contributed by atoms with van der Waals surface area (Å²) in [5.74, 6) is 0.0639. The Morgan fingerprint density at radius 2 is 1.69 bits per heavy atom. The fraction of sp³-hybridized carbons (Fsp3) is 0.0556. The number of benzene rings is 2. The molecule has 5 nitrogen and oxygen atoms in total. The first-order chi connectivity index (χ1) is 12.3. The van der Waals surface area contributed by atoms with Crippen LogP contribution in [-0.4, -0.2) is 13.4 Å². The summed E-state index contributed by atoms with van der Waals surface area (Å²) in [5, 5.41) is 3.71. The van der Waals surface area contributed by atoms with E-state index in [9.17, 15) is 12.8 Å². The lowest BCUT2D eigenvalue weighted by molar-refractivity contribution is 0.598. The Morgan fingerprint density at radius 3 is 2.31 bits per heavy atom. The monoisotopic (exact) mass is 391 g/mol. The molecule has 0 atom stereocenters. The number of aryl methyl sites for hydroxylation is 1. The molecule has 0 aliphatic carbocycles. The van der Waals surface area contributed by atoms with Crippen LogP contribution in [0.2, 0.25) is 5.02 Å². The SMILES string of the molecule is Cc1cc(F)ccc1S(=O)(=O)Nc1ccc(Nc2ccc(Cl)cc2)nc1. The largest absolute Gasteiger partial charge is 0.340 e. The van der Waals surface area contributed by atoms with Crippen molar-refractivity contribution in [3.63, 3.8) is 0 Å². The molecule has 8 heteroatoms. The van der Waals surface area contributed by atoms with E-state index in [1.807, 2.05) is 0 Å². The van der Waals surface area contributed by atoms with Gasteiger partial charge in [-0.15, -0.1) is 0 Å². The normalized spacial score (nSPS) is 11.2. The smallest absolute Gasteiger partial charge is 0.262 e. The molecule has 3 aromatic rings. The van der Waals surface area contributed by atoms with Crippen LogP contribution in [0.1, 0.15) is 5.56 Å². The third kappa shape index (κ3) is 4.30. The van der Waals surface area contributed by atoms with Crippen molar-refractivity contribution in [3.8, 4) is 0 Å². The Hall–Kier alpha value is -2.64. The number of aromatic nitrogens is 1. The third-order valence-corrected chi connectivity index (χ3v) is 5.35. The van der Waals surface area contributed by atoms with Gasteiger partial charge in [-0.25, -0.2) is 17.8 Å². The number of hydrogen-bond donors (Lipinski definition) is 2. The van der Waals surface area contributed by atoms with Gasteiger partial charge in [0.2, 0.25) is 0 Å². The minimum atomic E-state index is -3.83. The Balaban J connectivity index is 1.75. The summed E-state index contributed by atoms with van der Waals surface area (Å²) in [7, 11) is -3.83. The van der Waals surface area contributed by atoms with Gasteiger partial charge in [0, 0.05) is 10.7 Å². The van der Waals surface area contributed by atoms with Crippen LogP contribution < -0.4 is 10.0 Å². The van der Waals surface area contributed by atoms with Gasteiger partial charge in [-0.3, -0.25) is 4.72 Å². The zero-order valence-corrected chi connectivity index (χ0v) is 15.3. The van der Waals surface area contributed by atoms with Crippen LogP contribution >= 0.6 is 11.6 Å². The number of sulfonamides is 1. The molecule has 0 amide bonds. The van der Waals surface area contributed by atoms with Crippen molar-refractivity contribution in [2.45, 2.75) is 11.8 Å². The first-order valence-electron chi connectivity index (χ1n) is 7.61. The average Bonchev–Trinajstić information content (AvgIpc) is 2.58. The molecule has 0 saturated carbocycles. The number of rotatable bonds is 5. The summed E-state index contributed by atoms with van der Waals surface area (Å²) in [6.07, 6.45) is 1.40. The number of hydrogen-bond acceptors (Lipinski definition) is 4. The Kier molecular flexibility index (Phi) is 5.11. The summed E-state index contributed by atoms with van der Waals surface area (Å²) >= 11 is 5.84. The predicted molar refractivity (Wildman–Crippen MR) is 101 cm³/mol. The lowest BCUT2D eigenvalue weighted by Crippen LogP contribution is -2.14. The number of pyridine rings is 1. The van der Waals surface area contributed by atoms with Gasteiger partial charge in [0.25, 0.3) is 10.0 Å². The average molecular weight is 392 g/mol. The third-order valence-electron chi connectivity index (χ3n) is 3.56. The van der Waals surface area contributed by atoms with Gasteiger partial charge in [0.15, 0.2) is 0 Å². The summed E-state index contributed by atoms with van der Waals surface area (Å²) in [5.41, 5.74) is 1.43. The van der Waals surface area contributed by atoms with Gasteiger partial charge >= 0.3 is 0 Å². The second-order valence-corrected chi connectivity index (χ2v) is 7.67. The number of halogens is 2. The maximum atomic E-state index is 13.2. The number of nitrogens with one attached hydrogen (secondary N) is 2. The van der Waals surface area contributed by atoms with Crippen LogP contribution in [0.4, 0.5) is 21.6 Å². The first-order valence-corrected chi connectivity index (χ1v) is 9.47. The number of nitrogens with zero attached hydrogens (tertiary/aromatic N) is 1. The van der Waals surface area contributed by atoms with Crippen LogP contribution in [-0.2, 0) is 10.0 Å². The molecular formula is C18H15ClFN3O2S. The molecule has 26 heavy (non-hydrogen) atoms. The van der Waals surface area contributed by atoms with E-state index in [0.29, 0.717) is 22.1 Å². The second-order valence-electron chi connectivity index (χ2n) is 5.58. The van der Waals surface area contributed by atoms with Crippen molar-refractivity contribution in [3.05, 3.63) is 77.2 Å². The molecule has 3 rings (SSSR count). The molecule has 2 N–H and O–H groups in total. The van der Waals surface area contributed by atoms with E-state index < -0.39 is 15.8 Å². The highest BCUT2D eigenvalue weighted by Gasteiger charge is 2.17. The minimum Gasteiger partial charge on any atom is -0.340 e. The molecule has 0 bridgehead atoms. The van der Waals surface area contributed by atoms with Crippen LogP contribution in [0.25, 0.3) is 0 Å². The van der Waals surface area contributed by atoms with Crippen LogP contribution in [0.15, 0.2) is 65.7 Å². The fourth-order valence-electron chi connectivity index (χ4n) is 2.33. The summed E-state index contributed by atoms with van der Waals surface area (Å²) < 4.78 is 40.5. The molecule has 0 unspecified atom stereocenters. The van der Waals surface area contributed by atoms with Gasteiger partial charge < -0.3 is 5.32 Å². The van der Waals surface area contributed by atoms with Crippen molar-refractivity contribution in [1.29, 1.82) is 0 Å². The number of anilines is 3. The van der Waals surface area contributed by atoms with Crippen LogP contribution in [0, 0.1) is 12.7 Å². The summed E-state index contributed by atoms with van der Waals surface area (Å²) in [6.45, 7) is 1.54. The highest BCUT2D eigenvalue weighted by Crippen LogP contribution is 2.22. The zero-order valence-electron chi connectivity index (χ0n) is 13.7. The Morgan fingerprint density at radius 1 is 1.00 bits per heavy atom. The molecule has 0 saturated heterocycles. The highest BCUT2D eigenvalue weighted by molar-refractivity contribution is 7.92. The summed E-state index contributed by atoms with van der Waals surface area (Å²) in [6, 6.07) is 13.8. The minimum absolute atomic E-state index is 0.0160. The van der Waals surface area contributed by atoms with E-state index in [4.69, 9.17) is 11.6 Å². The van der Waals surface area contributed by atoms with Crippen LogP contribution in [0.5, 0.6) is 0 Å². The van der Waals surface area contributed by atoms with Gasteiger partial charge in [0.1, 0.15) is 11.6 Å². The van der Waals surface area contributed by atoms with Crippen molar-refractivity contribution < 1.29 is 12.8 Å².